The van der Waals surface area contributed by atoms with Gasteiger partial charge in [-0.15, -0.1) is 0 Å². The molecule has 1 heterocycles. The van der Waals surface area contributed by atoms with E-state index in [9.17, 15) is 36.5 Å². The van der Waals surface area contributed by atoms with E-state index in [4.69, 9.17) is 0 Å². The van der Waals surface area contributed by atoms with Gasteiger partial charge in [0.15, 0.2) is 0 Å². The standard InChI is InChI=1S/C19H10F6N2O2/c20-18(21,22)13-5-1-11(2-6-13)16-9-15(27(28)29)10-26-17(16)12-3-7-14(8-4-12)19(23,24)25/h1-10H. The van der Waals surface area contributed by atoms with Crippen molar-refractivity contribution in [3.05, 3.63) is 82.0 Å². The second-order valence-corrected chi connectivity index (χ2v) is 6.00. The summed E-state index contributed by atoms with van der Waals surface area (Å²) in [5.74, 6) is 0. The van der Waals surface area contributed by atoms with E-state index < -0.39 is 34.1 Å². The summed E-state index contributed by atoms with van der Waals surface area (Å²) in [4.78, 5) is 14.3. The third-order valence-corrected chi connectivity index (χ3v) is 4.09. The molecule has 0 N–H and O–H groups in total. The van der Waals surface area contributed by atoms with Crippen molar-refractivity contribution in [1.82, 2.24) is 4.98 Å². The van der Waals surface area contributed by atoms with Gasteiger partial charge in [-0.1, -0.05) is 24.3 Å². The van der Waals surface area contributed by atoms with Crippen LogP contribution in [0.25, 0.3) is 22.4 Å². The summed E-state index contributed by atoms with van der Waals surface area (Å²) >= 11 is 0. The van der Waals surface area contributed by atoms with E-state index in [0.717, 1.165) is 60.8 Å². The van der Waals surface area contributed by atoms with Gasteiger partial charge < -0.3 is 0 Å². The first-order valence-corrected chi connectivity index (χ1v) is 7.96. The first-order valence-electron chi connectivity index (χ1n) is 7.96. The van der Waals surface area contributed by atoms with Crippen LogP contribution in [0.3, 0.4) is 0 Å². The number of pyridine rings is 1. The summed E-state index contributed by atoms with van der Waals surface area (Å²) in [5.41, 5.74) is -1.56. The van der Waals surface area contributed by atoms with Crippen LogP contribution in [0, 0.1) is 10.1 Å². The SMILES string of the molecule is O=[N+]([O-])c1cnc(-c2ccc(C(F)(F)F)cc2)c(-c2ccc(C(F)(F)F)cc2)c1. The summed E-state index contributed by atoms with van der Waals surface area (Å²) in [6.07, 6.45) is -8.17. The van der Waals surface area contributed by atoms with Gasteiger partial charge in [0.05, 0.1) is 21.7 Å². The van der Waals surface area contributed by atoms with Gasteiger partial charge in [0, 0.05) is 17.2 Å². The number of alkyl halides is 6. The van der Waals surface area contributed by atoms with E-state index in [1.165, 1.54) is 0 Å². The molecule has 0 fully saturated rings. The quantitative estimate of drug-likeness (QED) is 0.286. The Morgan fingerprint density at radius 1 is 0.759 bits per heavy atom. The van der Waals surface area contributed by atoms with Crippen molar-refractivity contribution in [2.45, 2.75) is 12.4 Å². The highest BCUT2D eigenvalue weighted by Crippen LogP contribution is 2.37. The number of aromatic nitrogens is 1. The molecule has 0 spiro atoms. The Morgan fingerprint density at radius 2 is 1.21 bits per heavy atom. The number of hydrogen-bond donors (Lipinski definition) is 0. The fraction of sp³-hybridized carbons (Fsp3) is 0.105. The molecule has 0 bridgehead atoms. The molecule has 3 rings (SSSR count). The fourth-order valence-electron chi connectivity index (χ4n) is 2.66. The van der Waals surface area contributed by atoms with Crippen LogP contribution < -0.4 is 0 Å². The molecule has 0 saturated carbocycles. The summed E-state index contributed by atoms with van der Waals surface area (Å²) in [7, 11) is 0. The normalized spacial score (nSPS) is 12.1. The van der Waals surface area contributed by atoms with Crippen molar-refractivity contribution < 1.29 is 31.3 Å². The number of nitrogens with zero attached hydrogens (tertiary/aromatic N) is 2. The average Bonchev–Trinajstić information content (AvgIpc) is 2.66. The van der Waals surface area contributed by atoms with Crippen molar-refractivity contribution >= 4 is 5.69 Å². The summed E-state index contributed by atoms with van der Waals surface area (Å²) in [6.45, 7) is 0. The number of halogens is 6. The Bertz CT molecular complexity index is 1040. The van der Waals surface area contributed by atoms with Gasteiger partial charge in [0.2, 0.25) is 0 Å². The van der Waals surface area contributed by atoms with Gasteiger partial charge in [-0.2, -0.15) is 26.3 Å². The second-order valence-electron chi connectivity index (χ2n) is 6.00. The molecule has 1 aromatic heterocycles. The summed E-state index contributed by atoms with van der Waals surface area (Å²) in [6, 6.07) is 8.92. The van der Waals surface area contributed by atoms with Crippen molar-refractivity contribution in [1.29, 1.82) is 0 Å². The van der Waals surface area contributed by atoms with E-state index in [1.807, 2.05) is 0 Å². The van der Waals surface area contributed by atoms with Gasteiger partial charge in [-0.25, -0.2) is 4.98 Å². The van der Waals surface area contributed by atoms with Crippen LogP contribution in [0.4, 0.5) is 32.0 Å². The molecule has 4 nitrogen and oxygen atoms in total. The van der Waals surface area contributed by atoms with Crippen LogP contribution >= 0.6 is 0 Å². The van der Waals surface area contributed by atoms with E-state index in [-0.39, 0.29) is 22.4 Å². The molecule has 0 atom stereocenters. The van der Waals surface area contributed by atoms with Crippen molar-refractivity contribution in [3.63, 3.8) is 0 Å². The summed E-state index contributed by atoms with van der Waals surface area (Å²) in [5, 5.41) is 11.1. The highest BCUT2D eigenvalue weighted by Gasteiger charge is 2.31. The van der Waals surface area contributed by atoms with Crippen LogP contribution in [0.1, 0.15) is 11.1 Å². The molecule has 29 heavy (non-hydrogen) atoms. The zero-order chi connectivity index (χ0) is 21.4. The monoisotopic (exact) mass is 412 g/mol. The molecule has 3 aromatic rings. The molecule has 0 aliphatic heterocycles. The van der Waals surface area contributed by atoms with E-state index in [2.05, 4.69) is 4.98 Å². The molecule has 0 aliphatic carbocycles. The fourth-order valence-corrected chi connectivity index (χ4v) is 2.66. The topological polar surface area (TPSA) is 56.0 Å². The Hall–Kier alpha value is -3.43. The van der Waals surface area contributed by atoms with Gasteiger partial charge in [0.1, 0.15) is 6.20 Å². The minimum absolute atomic E-state index is 0.101. The molecule has 0 amide bonds. The molecule has 0 aliphatic rings. The van der Waals surface area contributed by atoms with Gasteiger partial charge in [-0.3, -0.25) is 10.1 Å². The lowest BCUT2D eigenvalue weighted by molar-refractivity contribution is -0.385. The third-order valence-electron chi connectivity index (χ3n) is 4.09. The number of nitro groups is 1. The van der Waals surface area contributed by atoms with Gasteiger partial charge >= 0.3 is 12.4 Å². The van der Waals surface area contributed by atoms with E-state index >= 15 is 0 Å². The van der Waals surface area contributed by atoms with Crippen molar-refractivity contribution in [2.24, 2.45) is 0 Å². The molecular formula is C19H10F6N2O2. The van der Waals surface area contributed by atoms with Crippen LogP contribution in [-0.2, 0) is 12.4 Å². The highest BCUT2D eigenvalue weighted by atomic mass is 19.4. The molecular weight excluding hydrogens is 402 g/mol. The smallest absolute Gasteiger partial charge is 0.258 e. The van der Waals surface area contributed by atoms with Gasteiger partial charge in [-0.05, 0) is 29.8 Å². The first kappa shape index (κ1) is 20.3. The van der Waals surface area contributed by atoms with Crippen LogP contribution in [-0.4, -0.2) is 9.91 Å². The predicted molar refractivity (Wildman–Crippen MR) is 91.8 cm³/mol. The van der Waals surface area contributed by atoms with Crippen LogP contribution in [0.15, 0.2) is 60.8 Å². The minimum Gasteiger partial charge on any atom is -0.258 e. The second kappa shape index (κ2) is 7.19. The van der Waals surface area contributed by atoms with E-state index in [1.54, 1.807) is 0 Å². The maximum atomic E-state index is 12.8. The molecule has 0 saturated heterocycles. The van der Waals surface area contributed by atoms with Gasteiger partial charge in [0.25, 0.3) is 5.69 Å². The van der Waals surface area contributed by atoms with Crippen molar-refractivity contribution in [3.8, 4) is 22.4 Å². The molecule has 150 valence electrons. The largest absolute Gasteiger partial charge is 0.416 e. The average molecular weight is 412 g/mol. The number of benzene rings is 2. The molecule has 0 unspecified atom stereocenters. The lowest BCUT2D eigenvalue weighted by Gasteiger charge is -2.12. The molecule has 0 radical (unpaired) electrons. The zero-order valence-corrected chi connectivity index (χ0v) is 14.3. The minimum atomic E-state index is -4.56. The predicted octanol–water partition coefficient (Wildman–Crippen LogP) is 6.36. The van der Waals surface area contributed by atoms with E-state index in [0.29, 0.717) is 0 Å². The lowest BCUT2D eigenvalue weighted by Crippen LogP contribution is -2.04. The Morgan fingerprint density at radius 3 is 1.62 bits per heavy atom. The highest BCUT2D eigenvalue weighted by molar-refractivity contribution is 5.82. The van der Waals surface area contributed by atoms with Crippen molar-refractivity contribution in [2.75, 3.05) is 0 Å². The van der Waals surface area contributed by atoms with Crippen LogP contribution in [0.2, 0.25) is 0 Å². The maximum Gasteiger partial charge on any atom is 0.416 e. The number of rotatable bonds is 3. The Kier molecular flexibility index (Phi) is 5.04. The van der Waals surface area contributed by atoms with Crippen LogP contribution in [0.5, 0.6) is 0 Å². The zero-order valence-electron chi connectivity index (χ0n) is 14.3. The first-order chi connectivity index (χ1) is 13.5. The third kappa shape index (κ3) is 4.36. The molecule has 2 aromatic carbocycles. The lowest BCUT2D eigenvalue weighted by atomic mass is 9.97. The summed E-state index contributed by atoms with van der Waals surface area (Å²) < 4.78 is 76.6. The Labute approximate surface area is 159 Å². The molecule has 10 heteroatoms. The number of hydrogen-bond acceptors (Lipinski definition) is 3. The Balaban J connectivity index is 2.12. The maximum absolute atomic E-state index is 12.8.